The van der Waals surface area contributed by atoms with E-state index in [1.54, 1.807) is 25.6 Å². The van der Waals surface area contributed by atoms with E-state index >= 15 is 0 Å². The zero-order chi connectivity index (χ0) is 22.5. The van der Waals surface area contributed by atoms with E-state index in [-0.39, 0.29) is 23.1 Å². The van der Waals surface area contributed by atoms with Crippen LogP contribution in [-0.4, -0.2) is 60.4 Å². The van der Waals surface area contributed by atoms with Crippen LogP contribution in [0.2, 0.25) is 0 Å². The number of hydrogen-bond acceptors (Lipinski definition) is 10. The molecule has 2 N–H and O–H groups in total. The summed E-state index contributed by atoms with van der Waals surface area (Å²) in [6.45, 7) is 2.26. The van der Waals surface area contributed by atoms with Crippen molar-refractivity contribution in [1.82, 2.24) is 34.8 Å². The summed E-state index contributed by atoms with van der Waals surface area (Å²) < 4.78 is 5.29. The molecular formula is C20H21N9O3. The quantitative estimate of drug-likeness (QED) is 0.566. The molecule has 1 aliphatic rings. The Balaban J connectivity index is 1.60. The summed E-state index contributed by atoms with van der Waals surface area (Å²) in [4.78, 5) is 51.3. The molecule has 164 valence electrons. The Kier molecular flexibility index (Phi) is 6.10. The molecule has 0 aromatic carbocycles. The molecule has 2 amide bonds. The fraction of sp³-hybridized carbons (Fsp3) is 0.300. The Morgan fingerprint density at radius 1 is 1.09 bits per heavy atom. The molecule has 3 heterocycles. The maximum Gasteiger partial charge on any atom is 0.416 e. The van der Waals surface area contributed by atoms with Crippen LogP contribution in [0.25, 0.3) is 0 Å². The summed E-state index contributed by atoms with van der Waals surface area (Å²) in [5, 5.41) is 5.68. The van der Waals surface area contributed by atoms with Crippen molar-refractivity contribution >= 4 is 29.2 Å². The van der Waals surface area contributed by atoms with Crippen molar-refractivity contribution in [1.29, 1.82) is 0 Å². The molecule has 1 fully saturated rings. The van der Waals surface area contributed by atoms with Gasteiger partial charge in [0.2, 0.25) is 0 Å². The Labute approximate surface area is 183 Å². The van der Waals surface area contributed by atoms with Gasteiger partial charge in [0.25, 0.3) is 11.8 Å². The van der Waals surface area contributed by atoms with Gasteiger partial charge in [-0.2, -0.15) is 4.98 Å². The standard InChI is InChI=1S/C20H21N9O3/c1-3-29(2)20(31)32-19-15(8-23-11-25-19)28-18(30)16-17(26-13-6-21-10-22-7-13)24-9-14(27-16)12-4-5-12/h6-12H,3-5H2,1-2H3,(H,24,26)(H,28,30). The molecule has 32 heavy (non-hydrogen) atoms. The first kappa shape index (κ1) is 21.0. The summed E-state index contributed by atoms with van der Waals surface area (Å²) in [5.41, 5.74) is 1.49. The van der Waals surface area contributed by atoms with E-state index in [1.165, 1.54) is 23.8 Å². The van der Waals surface area contributed by atoms with Gasteiger partial charge in [-0.25, -0.2) is 29.7 Å². The highest BCUT2D eigenvalue weighted by Crippen LogP contribution is 2.39. The average molecular weight is 435 g/mol. The van der Waals surface area contributed by atoms with E-state index < -0.39 is 12.0 Å². The minimum atomic E-state index is -0.608. The first-order valence-electron chi connectivity index (χ1n) is 9.98. The Hall–Kier alpha value is -4.22. The van der Waals surface area contributed by atoms with Gasteiger partial charge in [0.1, 0.15) is 18.3 Å². The largest absolute Gasteiger partial charge is 0.416 e. The average Bonchev–Trinajstić information content (AvgIpc) is 3.66. The smallest absolute Gasteiger partial charge is 0.389 e. The van der Waals surface area contributed by atoms with Crippen molar-refractivity contribution in [3.63, 3.8) is 0 Å². The molecule has 0 saturated heterocycles. The lowest BCUT2D eigenvalue weighted by Gasteiger charge is -2.16. The van der Waals surface area contributed by atoms with Crippen molar-refractivity contribution < 1.29 is 14.3 Å². The predicted octanol–water partition coefficient (Wildman–Crippen LogP) is 2.38. The zero-order valence-electron chi connectivity index (χ0n) is 17.5. The van der Waals surface area contributed by atoms with Gasteiger partial charge < -0.3 is 20.3 Å². The number of rotatable bonds is 7. The Bertz CT molecular complexity index is 1120. The van der Waals surface area contributed by atoms with Gasteiger partial charge in [-0.15, -0.1) is 0 Å². The molecule has 0 unspecified atom stereocenters. The molecule has 12 nitrogen and oxygen atoms in total. The van der Waals surface area contributed by atoms with Crippen molar-refractivity contribution in [2.45, 2.75) is 25.7 Å². The van der Waals surface area contributed by atoms with E-state index in [9.17, 15) is 9.59 Å². The molecule has 1 aliphatic carbocycles. The summed E-state index contributed by atoms with van der Waals surface area (Å²) in [6, 6.07) is 0. The number of amides is 2. The van der Waals surface area contributed by atoms with Crippen molar-refractivity contribution in [3.05, 3.63) is 48.8 Å². The number of ether oxygens (including phenoxy) is 1. The SMILES string of the molecule is CCN(C)C(=O)Oc1ncncc1NC(=O)c1nc(C2CC2)cnc1Nc1cncnc1. The highest BCUT2D eigenvalue weighted by molar-refractivity contribution is 6.06. The van der Waals surface area contributed by atoms with Crippen LogP contribution in [0.1, 0.15) is 41.9 Å². The van der Waals surface area contributed by atoms with Crippen LogP contribution >= 0.6 is 0 Å². The van der Waals surface area contributed by atoms with Gasteiger partial charge in [-0.05, 0) is 19.8 Å². The maximum absolute atomic E-state index is 13.2. The summed E-state index contributed by atoms with van der Waals surface area (Å²) in [6.07, 6.45) is 10.1. The molecule has 3 aromatic rings. The fourth-order valence-corrected chi connectivity index (χ4v) is 2.69. The lowest BCUT2D eigenvalue weighted by atomic mass is 10.2. The van der Waals surface area contributed by atoms with Gasteiger partial charge >= 0.3 is 6.09 Å². The lowest BCUT2D eigenvalue weighted by molar-refractivity contribution is 0.102. The Morgan fingerprint density at radius 2 is 1.84 bits per heavy atom. The summed E-state index contributed by atoms with van der Waals surface area (Å²) in [7, 11) is 1.59. The number of nitrogens with one attached hydrogen (secondary N) is 2. The van der Waals surface area contributed by atoms with Crippen LogP contribution in [0, 0.1) is 0 Å². The number of carbonyl (C=O) groups excluding carboxylic acids is 2. The minimum absolute atomic E-state index is 0.0732. The van der Waals surface area contributed by atoms with Crippen LogP contribution in [0.4, 0.5) is 22.0 Å². The van der Waals surface area contributed by atoms with Crippen LogP contribution in [0.15, 0.2) is 37.4 Å². The number of nitrogens with zero attached hydrogens (tertiary/aromatic N) is 7. The van der Waals surface area contributed by atoms with E-state index in [2.05, 4.69) is 40.5 Å². The number of anilines is 3. The van der Waals surface area contributed by atoms with E-state index in [0.717, 1.165) is 18.5 Å². The molecular weight excluding hydrogens is 414 g/mol. The van der Waals surface area contributed by atoms with Gasteiger partial charge in [0.05, 0.1) is 36.2 Å². The van der Waals surface area contributed by atoms with E-state index in [4.69, 9.17) is 4.74 Å². The number of hydrogen-bond donors (Lipinski definition) is 2. The second-order valence-electron chi connectivity index (χ2n) is 7.10. The zero-order valence-corrected chi connectivity index (χ0v) is 17.5. The second kappa shape index (κ2) is 9.29. The first-order chi connectivity index (χ1) is 15.5. The maximum atomic E-state index is 13.2. The number of aromatic nitrogens is 6. The van der Waals surface area contributed by atoms with Crippen LogP contribution in [0.5, 0.6) is 5.88 Å². The predicted molar refractivity (Wildman–Crippen MR) is 114 cm³/mol. The lowest BCUT2D eigenvalue weighted by Crippen LogP contribution is -2.30. The Morgan fingerprint density at radius 3 is 2.56 bits per heavy atom. The third-order valence-electron chi connectivity index (χ3n) is 4.72. The van der Waals surface area contributed by atoms with Crippen LogP contribution in [0.3, 0.4) is 0 Å². The molecule has 4 rings (SSSR count). The van der Waals surface area contributed by atoms with Gasteiger partial charge in [0, 0.05) is 19.5 Å². The fourth-order valence-electron chi connectivity index (χ4n) is 2.69. The van der Waals surface area contributed by atoms with Crippen LogP contribution < -0.4 is 15.4 Å². The van der Waals surface area contributed by atoms with E-state index in [0.29, 0.717) is 18.2 Å². The summed E-state index contributed by atoms with van der Waals surface area (Å²) >= 11 is 0. The normalized spacial score (nSPS) is 12.7. The van der Waals surface area contributed by atoms with Crippen molar-refractivity contribution in [2.75, 3.05) is 24.2 Å². The van der Waals surface area contributed by atoms with Crippen molar-refractivity contribution in [3.8, 4) is 5.88 Å². The molecule has 3 aromatic heterocycles. The third-order valence-corrected chi connectivity index (χ3v) is 4.72. The second-order valence-corrected chi connectivity index (χ2v) is 7.10. The van der Waals surface area contributed by atoms with E-state index in [1.807, 2.05) is 6.92 Å². The summed E-state index contributed by atoms with van der Waals surface area (Å²) in [5.74, 6) is -0.0988. The topological polar surface area (TPSA) is 148 Å². The highest BCUT2D eigenvalue weighted by atomic mass is 16.6. The molecule has 12 heteroatoms. The molecule has 0 bridgehead atoms. The number of carbonyl (C=O) groups is 2. The molecule has 0 spiro atoms. The first-order valence-corrected chi connectivity index (χ1v) is 9.98. The molecule has 1 saturated carbocycles. The van der Waals surface area contributed by atoms with Crippen LogP contribution in [-0.2, 0) is 0 Å². The van der Waals surface area contributed by atoms with Gasteiger partial charge in [-0.3, -0.25) is 4.79 Å². The monoisotopic (exact) mass is 435 g/mol. The van der Waals surface area contributed by atoms with Crippen molar-refractivity contribution in [2.24, 2.45) is 0 Å². The molecule has 0 atom stereocenters. The highest BCUT2D eigenvalue weighted by Gasteiger charge is 2.28. The molecule has 0 radical (unpaired) electrons. The molecule has 0 aliphatic heterocycles. The third kappa shape index (κ3) is 4.91. The van der Waals surface area contributed by atoms with Gasteiger partial charge in [0.15, 0.2) is 11.5 Å². The van der Waals surface area contributed by atoms with Gasteiger partial charge in [-0.1, -0.05) is 0 Å². The minimum Gasteiger partial charge on any atom is -0.389 e.